The Hall–Kier alpha value is -2.69. The summed E-state index contributed by atoms with van der Waals surface area (Å²) in [5.41, 5.74) is 3.29. The van der Waals surface area contributed by atoms with E-state index in [0.717, 1.165) is 18.5 Å². The number of anilines is 2. The Morgan fingerprint density at radius 1 is 1.35 bits per heavy atom. The van der Waals surface area contributed by atoms with Crippen molar-refractivity contribution in [2.75, 3.05) is 17.3 Å². The number of carbonyl (C=O) groups excluding carboxylic acids is 1. The van der Waals surface area contributed by atoms with Crippen LogP contribution in [0.5, 0.6) is 11.5 Å². The van der Waals surface area contributed by atoms with Crippen molar-refractivity contribution in [2.45, 2.75) is 24.4 Å². The summed E-state index contributed by atoms with van der Waals surface area (Å²) in [5, 5.41) is 13.5. The Morgan fingerprint density at radius 3 is 3.00 bits per heavy atom. The Kier molecular flexibility index (Phi) is 2.22. The third-order valence-corrected chi connectivity index (χ3v) is 5.30. The maximum atomic E-state index is 13.2. The molecule has 5 rings (SSSR count). The number of carbonyl (C=O) groups is 1. The molecule has 2 aromatic rings. The Labute approximate surface area is 133 Å². The maximum Gasteiger partial charge on any atom is 0.261 e. The summed E-state index contributed by atoms with van der Waals surface area (Å²) in [4.78, 5) is 15.2. The quantitative estimate of drug-likeness (QED) is 0.850. The van der Waals surface area contributed by atoms with E-state index in [1.807, 2.05) is 23.1 Å². The molecule has 0 aromatic heterocycles. The third-order valence-electron chi connectivity index (χ3n) is 5.30. The fourth-order valence-corrected chi connectivity index (χ4v) is 4.10. The number of para-hydroxylation sites is 1. The molecule has 0 saturated heterocycles. The molecule has 23 heavy (non-hydrogen) atoms. The zero-order valence-corrected chi connectivity index (χ0v) is 12.7. The second-order valence-corrected chi connectivity index (χ2v) is 6.52. The number of phenolic OH excluding ortho intramolecular Hbond substituents is 1. The highest BCUT2D eigenvalue weighted by Gasteiger charge is 2.65. The standard InChI is InChI=1S/C18H16N2O3/c1-23-15-6-11-12(7-14(15)21)19-16-9-18(16)8-10-4-2-3-5-13(10)20(18)17(11)22/h2-7,16,19,21H,8-9H2,1H3/t16-,18?/m1/s1. The molecule has 116 valence electrons. The molecule has 0 radical (unpaired) electrons. The van der Waals surface area contributed by atoms with Crippen LogP contribution in [0.3, 0.4) is 0 Å². The summed E-state index contributed by atoms with van der Waals surface area (Å²) in [5.74, 6) is 0.329. The zero-order chi connectivity index (χ0) is 15.8. The van der Waals surface area contributed by atoms with Gasteiger partial charge in [-0.05, 0) is 24.1 Å². The van der Waals surface area contributed by atoms with E-state index in [1.165, 1.54) is 12.7 Å². The van der Waals surface area contributed by atoms with Gasteiger partial charge in [0.25, 0.3) is 5.91 Å². The maximum absolute atomic E-state index is 13.2. The van der Waals surface area contributed by atoms with E-state index in [2.05, 4.69) is 11.4 Å². The lowest BCUT2D eigenvalue weighted by Crippen LogP contribution is -2.41. The lowest BCUT2D eigenvalue weighted by molar-refractivity contribution is 0.0978. The van der Waals surface area contributed by atoms with Crippen LogP contribution in [0.25, 0.3) is 0 Å². The van der Waals surface area contributed by atoms with Gasteiger partial charge >= 0.3 is 0 Å². The molecule has 2 N–H and O–H groups in total. The fourth-order valence-electron chi connectivity index (χ4n) is 4.10. The summed E-state index contributed by atoms with van der Waals surface area (Å²) in [6.45, 7) is 0. The molecule has 2 heterocycles. The molecular formula is C18H16N2O3. The van der Waals surface area contributed by atoms with E-state index in [0.29, 0.717) is 17.0 Å². The van der Waals surface area contributed by atoms with Crippen LogP contribution in [0.1, 0.15) is 22.3 Å². The predicted molar refractivity (Wildman–Crippen MR) is 86.4 cm³/mol. The molecule has 1 amide bonds. The summed E-state index contributed by atoms with van der Waals surface area (Å²) in [7, 11) is 1.49. The van der Waals surface area contributed by atoms with E-state index >= 15 is 0 Å². The van der Waals surface area contributed by atoms with Crippen molar-refractivity contribution in [3.8, 4) is 11.5 Å². The average molecular weight is 308 g/mol. The van der Waals surface area contributed by atoms with E-state index in [9.17, 15) is 9.90 Å². The van der Waals surface area contributed by atoms with Gasteiger partial charge in [-0.1, -0.05) is 18.2 Å². The number of methoxy groups -OCH3 is 1. The lowest BCUT2D eigenvalue weighted by Gasteiger charge is -2.24. The van der Waals surface area contributed by atoms with Crippen LogP contribution in [0.4, 0.5) is 11.4 Å². The highest BCUT2D eigenvalue weighted by atomic mass is 16.5. The largest absolute Gasteiger partial charge is 0.504 e. The first-order valence-corrected chi connectivity index (χ1v) is 7.74. The lowest BCUT2D eigenvalue weighted by atomic mass is 10.1. The number of phenols is 1. The van der Waals surface area contributed by atoms with Crippen LogP contribution in [0, 0.1) is 0 Å². The van der Waals surface area contributed by atoms with Crippen molar-refractivity contribution in [3.63, 3.8) is 0 Å². The fraction of sp³-hybridized carbons (Fsp3) is 0.278. The van der Waals surface area contributed by atoms with E-state index in [-0.39, 0.29) is 23.2 Å². The van der Waals surface area contributed by atoms with Gasteiger partial charge in [-0.3, -0.25) is 9.69 Å². The van der Waals surface area contributed by atoms with Crippen LogP contribution >= 0.6 is 0 Å². The second kappa shape index (κ2) is 3.98. The summed E-state index contributed by atoms with van der Waals surface area (Å²) in [6.07, 6.45) is 1.81. The number of hydrogen-bond acceptors (Lipinski definition) is 4. The number of aromatic hydroxyl groups is 1. The van der Waals surface area contributed by atoms with E-state index < -0.39 is 0 Å². The molecule has 2 atom stereocenters. The molecule has 1 aliphatic carbocycles. The molecule has 2 aromatic carbocycles. The summed E-state index contributed by atoms with van der Waals surface area (Å²) in [6, 6.07) is 11.5. The van der Waals surface area contributed by atoms with Crippen molar-refractivity contribution >= 4 is 17.3 Å². The van der Waals surface area contributed by atoms with Crippen LogP contribution in [-0.4, -0.2) is 29.7 Å². The number of hydrogen-bond donors (Lipinski definition) is 2. The number of benzene rings is 2. The van der Waals surface area contributed by atoms with E-state index in [1.54, 1.807) is 12.1 Å². The van der Waals surface area contributed by atoms with Crippen molar-refractivity contribution in [3.05, 3.63) is 47.5 Å². The van der Waals surface area contributed by atoms with Gasteiger partial charge < -0.3 is 15.2 Å². The van der Waals surface area contributed by atoms with Crippen LogP contribution in [-0.2, 0) is 6.42 Å². The molecular weight excluding hydrogens is 292 g/mol. The van der Waals surface area contributed by atoms with Crippen molar-refractivity contribution < 1.29 is 14.6 Å². The van der Waals surface area contributed by atoms with Crippen molar-refractivity contribution in [1.82, 2.24) is 0 Å². The highest BCUT2D eigenvalue weighted by molar-refractivity contribution is 6.14. The van der Waals surface area contributed by atoms with Crippen LogP contribution in [0.15, 0.2) is 36.4 Å². The summed E-state index contributed by atoms with van der Waals surface area (Å²) >= 11 is 0. The minimum atomic E-state index is -0.164. The van der Waals surface area contributed by atoms with Gasteiger partial charge in [-0.25, -0.2) is 0 Å². The molecule has 5 nitrogen and oxygen atoms in total. The normalized spacial score (nSPS) is 26.4. The first-order chi connectivity index (χ1) is 11.1. The number of fused-ring (bicyclic) bond motifs is 3. The minimum absolute atomic E-state index is 0.0317. The average Bonchev–Trinajstić information content (AvgIpc) is 3.11. The molecule has 1 fully saturated rings. The zero-order valence-electron chi connectivity index (χ0n) is 12.7. The van der Waals surface area contributed by atoms with Crippen molar-refractivity contribution in [2.24, 2.45) is 0 Å². The predicted octanol–water partition coefficient (Wildman–Crippen LogP) is 2.54. The number of ether oxygens (including phenoxy) is 1. The van der Waals surface area contributed by atoms with Gasteiger partial charge in [-0.2, -0.15) is 0 Å². The van der Waals surface area contributed by atoms with Gasteiger partial charge in [0.2, 0.25) is 0 Å². The SMILES string of the molecule is COc1cc2c(cc1O)N[C@@H]1CC13Cc1ccccc1N3C2=O. The molecule has 1 unspecified atom stereocenters. The van der Waals surface area contributed by atoms with Gasteiger partial charge in [0, 0.05) is 18.2 Å². The first kappa shape index (κ1) is 12.8. The Balaban J connectivity index is 1.71. The summed E-state index contributed by atoms with van der Waals surface area (Å²) < 4.78 is 5.17. The monoisotopic (exact) mass is 308 g/mol. The molecule has 1 saturated carbocycles. The number of rotatable bonds is 1. The number of nitrogens with zero attached hydrogens (tertiary/aromatic N) is 1. The molecule has 0 bridgehead atoms. The highest BCUT2D eigenvalue weighted by Crippen LogP contribution is 2.57. The minimum Gasteiger partial charge on any atom is -0.504 e. The van der Waals surface area contributed by atoms with Crippen molar-refractivity contribution in [1.29, 1.82) is 0 Å². The first-order valence-electron chi connectivity index (χ1n) is 7.74. The second-order valence-electron chi connectivity index (χ2n) is 6.52. The Bertz CT molecular complexity index is 863. The number of nitrogens with one attached hydrogen (secondary N) is 1. The molecule has 5 heteroatoms. The molecule has 1 spiro atoms. The number of amides is 1. The smallest absolute Gasteiger partial charge is 0.261 e. The molecule has 2 aliphatic heterocycles. The van der Waals surface area contributed by atoms with Gasteiger partial charge in [0.05, 0.1) is 29.9 Å². The van der Waals surface area contributed by atoms with E-state index in [4.69, 9.17) is 4.74 Å². The molecule has 3 aliphatic rings. The van der Waals surface area contributed by atoms with Crippen LogP contribution < -0.4 is 15.0 Å². The third kappa shape index (κ3) is 1.49. The van der Waals surface area contributed by atoms with Crippen LogP contribution in [0.2, 0.25) is 0 Å². The van der Waals surface area contributed by atoms with Gasteiger partial charge in [0.1, 0.15) is 0 Å². The van der Waals surface area contributed by atoms with Gasteiger partial charge in [-0.15, -0.1) is 0 Å². The Morgan fingerprint density at radius 2 is 2.17 bits per heavy atom. The van der Waals surface area contributed by atoms with Gasteiger partial charge in [0.15, 0.2) is 11.5 Å². The topological polar surface area (TPSA) is 61.8 Å².